The fourth-order valence-electron chi connectivity index (χ4n) is 2.42. The van der Waals surface area contributed by atoms with E-state index in [9.17, 15) is 19.8 Å². The Morgan fingerprint density at radius 3 is 2.04 bits per heavy atom. The van der Waals surface area contributed by atoms with Gasteiger partial charge in [0.15, 0.2) is 23.1 Å². The van der Waals surface area contributed by atoms with Gasteiger partial charge in [0.1, 0.15) is 5.75 Å². The second-order valence-electron chi connectivity index (χ2n) is 6.00. The van der Waals surface area contributed by atoms with Crippen LogP contribution >= 0.6 is 0 Å². The summed E-state index contributed by atoms with van der Waals surface area (Å²) < 4.78 is 5.04. The molecule has 0 heterocycles. The van der Waals surface area contributed by atoms with Gasteiger partial charge in [0.05, 0.1) is 13.5 Å². The molecular formula is C22H22O5. The number of hydrogen-bond donors (Lipinski definition) is 2. The first-order valence-corrected chi connectivity index (χ1v) is 8.50. The number of benzene rings is 2. The number of rotatable bonds is 9. The Kier molecular flexibility index (Phi) is 7.37. The summed E-state index contributed by atoms with van der Waals surface area (Å²) in [6.45, 7) is 0. The van der Waals surface area contributed by atoms with Gasteiger partial charge in [0.25, 0.3) is 0 Å². The van der Waals surface area contributed by atoms with E-state index in [1.807, 2.05) is 0 Å². The standard InChI is InChI=1S/C22H22O5/c1-27-22-14-17(10-13-21(22)26)5-3-7-20(25)15-19(24)6-2-4-16-8-11-18(23)12-9-16/h2-3,6-14,23,26H,4-5,15H2,1H3/b6-2-,7-3+. The van der Waals surface area contributed by atoms with Crippen molar-refractivity contribution in [3.05, 3.63) is 77.9 Å². The Hall–Kier alpha value is -3.34. The molecule has 0 aliphatic carbocycles. The van der Waals surface area contributed by atoms with Gasteiger partial charge in [0, 0.05) is 0 Å². The number of allylic oxidation sites excluding steroid dienone is 4. The summed E-state index contributed by atoms with van der Waals surface area (Å²) in [7, 11) is 1.47. The number of carbonyl (C=O) groups is 2. The van der Waals surface area contributed by atoms with E-state index in [-0.39, 0.29) is 29.5 Å². The highest BCUT2D eigenvalue weighted by Crippen LogP contribution is 2.26. The van der Waals surface area contributed by atoms with Crippen molar-refractivity contribution in [2.24, 2.45) is 0 Å². The quantitative estimate of drug-likeness (QED) is 0.524. The van der Waals surface area contributed by atoms with Crippen molar-refractivity contribution in [2.75, 3.05) is 7.11 Å². The third-order valence-corrected chi connectivity index (χ3v) is 3.84. The van der Waals surface area contributed by atoms with Crippen molar-refractivity contribution < 1.29 is 24.5 Å². The van der Waals surface area contributed by atoms with Gasteiger partial charge in [0.2, 0.25) is 0 Å². The fraction of sp³-hybridized carbons (Fsp3) is 0.182. The second-order valence-corrected chi connectivity index (χ2v) is 6.00. The van der Waals surface area contributed by atoms with Gasteiger partial charge in [-0.1, -0.05) is 30.4 Å². The van der Waals surface area contributed by atoms with Crippen molar-refractivity contribution in [3.63, 3.8) is 0 Å². The third-order valence-electron chi connectivity index (χ3n) is 3.84. The highest BCUT2D eigenvalue weighted by Gasteiger charge is 2.04. The molecule has 0 aliphatic heterocycles. The molecule has 5 heteroatoms. The van der Waals surface area contributed by atoms with Crippen LogP contribution in [-0.2, 0) is 22.4 Å². The lowest BCUT2D eigenvalue weighted by molar-refractivity contribution is -0.121. The number of methoxy groups -OCH3 is 1. The van der Waals surface area contributed by atoms with Crippen LogP contribution < -0.4 is 4.74 Å². The predicted octanol–water partition coefficient (Wildman–Crippen LogP) is 3.53. The largest absolute Gasteiger partial charge is 0.508 e. The molecule has 0 fully saturated rings. The molecular weight excluding hydrogens is 344 g/mol. The average molecular weight is 366 g/mol. The minimum absolute atomic E-state index is 0.0611. The summed E-state index contributed by atoms with van der Waals surface area (Å²) in [5.41, 5.74) is 1.85. The zero-order chi connectivity index (χ0) is 19.6. The number of ketones is 2. The van der Waals surface area contributed by atoms with Crippen LogP contribution in [0.1, 0.15) is 17.5 Å². The lowest BCUT2D eigenvalue weighted by Crippen LogP contribution is -2.02. The Bertz CT molecular complexity index is 848. The number of aromatic hydroxyl groups is 2. The lowest BCUT2D eigenvalue weighted by Gasteiger charge is -2.04. The molecule has 27 heavy (non-hydrogen) atoms. The van der Waals surface area contributed by atoms with Gasteiger partial charge in [-0.05, 0) is 60.4 Å². The van der Waals surface area contributed by atoms with Crippen molar-refractivity contribution in [3.8, 4) is 17.2 Å². The zero-order valence-corrected chi connectivity index (χ0v) is 15.1. The molecule has 0 bridgehead atoms. The van der Waals surface area contributed by atoms with E-state index in [1.54, 1.807) is 48.6 Å². The first-order chi connectivity index (χ1) is 13.0. The molecule has 0 amide bonds. The van der Waals surface area contributed by atoms with Crippen molar-refractivity contribution >= 4 is 11.6 Å². The van der Waals surface area contributed by atoms with Crippen LogP contribution in [0, 0.1) is 0 Å². The molecule has 2 aromatic carbocycles. The number of carbonyl (C=O) groups excluding carboxylic acids is 2. The number of hydrogen-bond acceptors (Lipinski definition) is 5. The Morgan fingerprint density at radius 1 is 0.889 bits per heavy atom. The molecule has 0 spiro atoms. The molecule has 0 saturated carbocycles. The summed E-state index contributed by atoms with van der Waals surface area (Å²) in [6.07, 6.45) is 7.05. The highest BCUT2D eigenvalue weighted by molar-refractivity contribution is 6.08. The Labute approximate surface area is 158 Å². The first-order valence-electron chi connectivity index (χ1n) is 8.50. The van der Waals surface area contributed by atoms with Crippen LogP contribution in [-0.4, -0.2) is 28.9 Å². The first kappa shape index (κ1) is 20.0. The molecule has 0 aliphatic rings. The Balaban J connectivity index is 1.78. The van der Waals surface area contributed by atoms with Crippen molar-refractivity contribution in [1.29, 1.82) is 0 Å². The predicted molar refractivity (Wildman–Crippen MR) is 103 cm³/mol. The highest BCUT2D eigenvalue weighted by atomic mass is 16.5. The number of phenolic OH excluding ortho intramolecular Hbond substituents is 2. The average Bonchev–Trinajstić information content (AvgIpc) is 2.64. The van der Waals surface area contributed by atoms with Gasteiger partial charge in [-0.2, -0.15) is 0 Å². The maximum Gasteiger partial charge on any atom is 0.163 e. The minimum Gasteiger partial charge on any atom is -0.508 e. The molecule has 5 nitrogen and oxygen atoms in total. The van der Waals surface area contributed by atoms with Crippen LogP contribution in [0.15, 0.2) is 66.8 Å². The van der Waals surface area contributed by atoms with Gasteiger partial charge in [-0.15, -0.1) is 0 Å². The third kappa shape index (κ3) is 6.82. The van der Waals surface area contributed by atoms with E-state index in [0.717, 1.165) is 11.1 Å². The van der Waals surface area contributed by atoms with E-state index in [0.29, 0.717) is 18.6 Å². The summed E-state index contributed by atoms with van der Waals surface area (Å²) in [4.78, 5) is 23.7. The monoisotopic (exact) mass is 366 g/mol. The molecule has 2 N–H and O–H groups in total. The van der Waals surface area contributed by atoms with E-state index in [1.165, 1.54) is 25.3 Å². The molecule has 0 saturated heterocycles. The van der Waals surface area contributed by atoms with Crippen LogP contribution in [0.2, 0.25) is 0 Å². The maximum atomic E-state index is 11.9. The van der Waals surface area contributed by atoms with Gasteiger partial charge in [-0.3, -0.25) is 9.59 Å². The van der Waals surface area contributed by atoms with Crippen LogP contribution in [0.25, 0.3) is 0 Å². The summed E-state index contributed by atoms with van der Waals surface area (Å²) >= 11 is 0. The van der Waals surface area contributed by atoms with Crippen LogP contribution in [0.4, 0.5) is 0 Å². The minimum atomic E-state index is -0.264. The molecule has 0 unspecified atom stereocenters. The van der Waals surface area contributed by atoms with Crippen molar-refractivity contribution in [1.82, 2.24) is 0 Å². The van der Waals surface area contributed by atoms with Crippen LogP contribution in [0.5, 0.6) is 17.2 Å². The van der Waals surface area contributed by atoms with E-state index in [2.05, 4.69) is 0 Å². The molecule has 0 aromatic heterocycles. The second kappa shape index (κ2) is 9.97. The van der Waals surface area contributed by atoms with E-state index in [4.69, 9.17) is 4.74 Å². The van der Waals surface area contributed by atoms with Crippen molar-refractivity contribution in [2.45, 2.75) is 19.3 Å². The van der Waals surface area contributed by atoms with Gasteiger partial charge in [-0.25, -0.2) is 0 Å². The molecule has 2 rings (SSSR count). The zero-order valence-electron chi connectivity index (χ0n) is 15.1. The van der Waals surface area contributed by atoms with E-state index < -0.39 is 0 Å². The normalized spacial score (nSPS) is 11.1. The summed E-state index contributed by atoms with van der Waals surface area (Å²) in [5, 5.41) is 18.8. The molecule has 140 valence electrons. The smallest absolute Gasteiger partial charge is 0.163 e. The fourth-order valence-corrected chi connectivity index (χ4v) is 2.42. The maximum absolute atomic E-state index is 11.9. The lowest BCUT2D eigenvalue weighted by atomic mass is 10.1. The summed E-state index contributed by atoms with van der Waals surface area (Å²) in [6, 6.07) is 11.7. The molecule has 0 atom stereocenters. The number of phenols is 2. The number of ether oxygens (including phenoxy) is 1. The van der Waals surface area contributed by atoms with Gasteiger partial charge >= 0.3 is 0 Å². The summed E-state index contributed by atoms with van der Waals surface area (Å²) in [5.74, 6) is 0.115. The SMILES string of the molecule is COc1cc(C/C=C/C(=O)CC(=O)/C=C\Cc2ccc(O)cc2)ccc1O. The topological polar surface area (TPSA) is 83.8 Å². The molecule has 2 aromatic rings. The Morgan fingerprint density at radius 2 is 1.44 bits per heavy atom. The van der Waals surface area contributed by atoms with E-state index >= 15 is 0 Å². The van der Waals surface area contributed by atoms with Gasteiger partial charge < -0.3 is 14.9 Å². The molecule has 0 radical (unpaired) electrons. The van der Waals surface area contributed by atoms with Crippen LogP contribution in [0.3, 0.4) is 0 Å².